The molecule has 2 rings (SSSR count). The minimum atomic E-state index is -0.183. The normalized spacial score (nSPS) is 20.4. The lowest BCUT2D eigenvalue weighted by atomic mass is 10.2. The van der Waals surface area contributed by atoms with Crippen molar-refractivity contribution in [2.24, 2.45) is 0 Å². The minimum Gasteiger partial charge on any atom is -0.376 e. The van der Waals surface area contributed by atoms with Crippen molar-refractivity contribution in [3.63, 3.8) is 0 Å². The van der Waals surface area contributed by atoms with Crippen molar-refractivity contribution in [3.05, 3.63) is 22.1 Å². The van der Waals surface area contributed by atoms with E-state index < -0.39 is 0 Å². The second-order valence-electron chi connectivity index (χ2n) is 3.73. The molecule has 1 N–H and O–H groups in total. The number of hydrogen-bond acceptors (Lipinski definition) is 4. The molecule has 5 nitrogen and oxygen atoms in total. The quantitative estimate of drug-likeness (QED) is 0.829. The third kappa shape index (κ3) is 3.37. The van der Waals surface area contributed by atoms with Crippen molar-refractivity contribution < 1.29 is 4.74 Å². The maximum atomic E-state index is 11.6. The van der Waals surface area contributed by atoms with E-state index in [1.807, 2.05) is 6.08 Å². The summed E-state index contributed by atoms with van der Waals surface area (Å²) in [5, 5.41) is 7.13. The van der Waals surface area contributed by atoms with E-state index >= 15 is 0 Å². The highest BCUT2D eigenvalue weighted by molar-refractivity contribution is 7.99. The van der Waals surface area contributed by atoms with Crippen LogP contribution >= 0.6 is 23.4 Å². The third-order valence-corrected chi connectivity index (χ3v) is 3.64. The molecule has 1 saturated heterocycles. The highest BCUT2D eigenvalue weighted by Crippen LogP contribution is 2.17. The van der Waals surface area contributed by atoms with Gasteiger partial charge in [-0.05, 0) is 12.8 Å². The van der Waals surface area contributed by atoms with E-state index in [-0.39, 0.29) is 11.8 Å². The Kier molecular flexibility index (Phi) is 4.70. The van der Waals surface area contributed by atoms with E-state index in [1.54, 1.807) is 4.57 Å². The molecule has 0 bridgehead atoms. The number of hydrogen-bond donors (Lipinski definition) is 1. The standard InChI is InChI=1S/C10H14ClN3O2S/c11-4-2-6-17-10-13-12-9(15)14(10)7-8-3-1-5-16-8/h2,4,8H,1,3,5-7H2,(H,12,15)/b4-2+. The molecule has 1 atom stereocenters. The van der Waals surface area contributed by atoms with Gasteiger partial charge in [0.25, 0.3) is 0 Å². The second kappa shape index (κ2) is 6.28. The van der Waals surface area contributed by atoms with Gasteiger partial charge in [0.1, 0.15) is 0 Å². The second-order valence-corrected chi connectivity index (χ2v) is 4.97. The van der Waals surface area contributed by atoms with Crippen LogP contribution in [0.15, 0.2) is 21.6 Å². The Balaban J connectivity index is 2.03. The van der Waals surface area contributed by atoms with Gasteiger partial charge in [0, 0.05) is 17.9 Å². The van der Waals surface area contributed by atoms with Crippen LogP contribution in [0, 0.1) is 0 Å². The zero-order chi connectivity index (χ0) is 12.1. The zero-order valence-corrected chi connectivity index (χ0v) is 10.8. The van der Waals surface area contributed by atoms with Crippen LogP contribution in [0.4, 0.5) is 0 Å². The lowest BCUT2D eigenvalue weighted by molar-refractivity contribution is 0.0941. The predicted octanol–water partition coefficient (Wildman–Crippen LogP) is 1.59. The average Bonchev–Trinajstić information content (AvgIpc) is 2.94. The number of nitrogens with zero attached hydrogens (tertiary/aromatic N) is 2. The molecule has 0 aliphatic carbocycles. The van der Waals surface area contributed by atoms with Gasteiger partial charge >= 0.3 is 5.69 Å². The van der Waals surface area contributed by atoms with Gasteiger partial charge in [0.2, 0.25) is 0 Å². The Labute approximate surface area is 108 Å². The first kappa shape index (κ1) is 12.7. The smallest absolute Gasteiger partial charge is 0.344 e. The summed E-state index contributed by atoms with van der Waals surface area (Å²) in [6.07, 6.45) is 4.01. The van der Waals surface area contributed by atoms with Crippen molar-refractivity contribution in [2.75, 3.05) is 12.4 Å². The Morgan fingerprint density at radius 1 is 1.71 bits per heavy atom. The van der Waals surface area contributed by atoms with Gasteiger partial charge < -0.3 is 4.74 Å². The Bertz CT molecular complexity index is 437. The van der Waals surface area contributed by atoms with Crippen molar-refractivity contribution in [2.45, 2.75) is 30.6 Å². The van der Waals surface area contributed by atoms with Crippen LogP contribution in [0.5, 0.6) is 0 Å². The molecule has 0 saturated carbocycles. The van der Waals surface area contributed by atoms with Crippen LogP contribution in [0.3, 0.4) is 0 Å². The number of nitrogens with one attached hydrogen (secondary N) is 1. The average molecular weight is 276 g/mol. The summed E-state index contributed by atoms with van der Waals surface area (Å²) in [5.74, 6) is 0.694. The molecule has 0 amide bonds. The molecule has 2 heterocycles. The van der Waals surface area contributed by atoms with E-state index in [4.69, 9.17) is 16.3 Å². The fraction of sp³-hybridized carbons (Fsp3) is 0.600. The molecular weight excluding hydrogens is 262 g/mol. The van der Waals surface area contributed by atoms with Gasteiger partial charge in [-0.15, -0.1) is 5.10 Å². The Morgan fingerprint density at radius 3 is 3.29 bits per heavy atom. The molecule has 1 aromatic heterocycles. The maximum absolute atomic E-state index is 11.6. The number of rotatable bonds is 5. The van der Waals surface area contributed by atoms with Crippen molar-refractivity contribution >= 4 is 23.4 Å². The minimum absolute atomic E-state index is 0.133. The summed E-state index contributed by atoms with van der Waals surface area (Å²) >= 11 is 6.91. The van der Waals surface area contributed by atoms with E-state index in [0.29, 0.717) is 17.5 Å². The summed E-state index contributed by atoms with van der Waals surface area (Å²) in [6.45, 7) is 1.36. The number of H-pyrrole nitrogens is 1. The predicted molar refractivity (Wildman–Crippen MR) is 67.5 cm³/mol. The molecule has 1 fully saturated rings. The zero-order valence-electron chi connectivity index (χ0n) is 9.26. The van der Waals surface area contributed by atoms with Gasteiger partial charge in [-0.25, -0.2) is 9.89 Å². The number of aromatic amines is 1. The van der Waals surface area contributed by atoms with Gasteiger partial charge in [0.15, 0.2) is 5.16 Å². The topological polar surface area (TPSA) is 59.9 Å². The van der Waals surface area contributed by atoms with E-state index in [0.717, 1.165) is 19.4 Å². The van der Waals surface area contributed by atoms with E-state index in [1.165, 1.54) is 17.3 Å². The van der Waals surface area contributed by atoms with Gasteiger partial charge in [-0.2, -0.15) is 0 Å². The maximum Gasteiger partial charge on any atom is 0.344 e. The molecular formula is C10H14ClN3O2S. The van der Waals surface area contributed by atoms with Gasteiger partial charge in [0.05, 0.1) is 12.6 Å². The van der Waals surface area contributed by atoms with Crippen LogP contribution in [0.2, 0.25) is 0 Å². The lowest BCUT2D eigenvalue weighted by Gasteiger charge is -2.10. The Morgan fingerprint density at radius 2 is 2.59 bits per heavy atom. The summed E-state index contributed by atoms with van der Waals surface area (Å²) in [4.78, 5) is 11.6. The Hall–Kier alpha value is -0.720. The van der Waals surface area contributed by atoms with Crippen LogP contribution < -0.4 is 5.69 Å². The molecule has 1 aliphatic heterocycles. The molecule has 0 radical (unpaired) electrons. The molecule has 1 unspecified atom stereocenters. The number of halogens is 1. The molecule has 94 valence electrons. The van der Waals surface area contributed by atoms with Crippen LogP contribution in [0.1, 0.15) is 12.8 Å². The summed E-state index contributed by atoms with van der Waals surface area (Å²) < 4.78 is 7.14. The molecule has 1 aromatic rings. The summed E-state index contributed by atoms with van der Waals surface area (Å²) in [7, 11) is 0. The first-order valence-corrected chi connectivity index (χ1v) is 6.88. The van der Waals surface area contributed by atoms with Gasteiger partial charge in [-0.3, -0.25) is 4.57 Å². The molecule has 17 heavy (non-hydrogen) atoms. The van der Waals surface area contributed by atoms with Gasteiger partial charge in [-0.1, -0.05) is 29.4 Å². The first-order chi connectivity index (χ1) is 8.31. The number of aromatic nitrogens is 3. The SMILES string of the molecule is O=c1[nH]nc(SC/C=C/Cl)n1CC1CCCO1. The van der Waals surface area contributed by atoms with Crippen molar-refractivity contribution in [1.82, 2.24) is 14.8 Å². The molecule has 1 aliphatic rings. The molecule has 7 heteroatoms. The fourth-order valence-corrected chi connectivity index (χ4v) is 2.69. The fourth-order valence-electron chi connectivity index (χ4n) is 1.73. The van der Waals surface area contributed by atoms with Crippen LogP contribution in [-0.2, 0) is 11.3 Å². The molecule has 0 aromatic carbocycles. The summed E-state index contributed by atoms with van der Waals surface area (Å²) in [5.41, 5.74) is 1.28. The number of ether oxygens (including phenoxy) is 1. The third-order valence-electron chi connectivity index (χ3n) is 2.53. The van der Waals surface area contributed by atoms with Crippen molar-refractivity contribution in [3.8, 4) is 0 Å². The van der Waals surface area contributed by atoms with E-state index in [2.05, 4.69) is 10.2 Å². The highest BCUT2D eigenvalue weighted by atomic mass is 35.5. The largest absolute Gasteiger partial charge is 0.376 e. The van der Waals surface area contributed by atoms with Crippen molar-refractivity contribution in [1.29, 1.82) is 0 Å². The number of thioether (sulfide) groups is 1. The summed E-state index contributed by atoms with van der Waals surface area (Å²) in [6, 6.07) is 0. The first-order valence-electron chi connectivity index (χ1n) is 5.46. The highest BCUT2D eigenvalue weighted by Gasteiger charge is 2.19. The monoisotopic (exact) mass is 275 g/mol. The van der Waals surface area contributed by atoms with E-state index in [9.17, 15) is 4.79 Å². The van der Waals surface area contributed by atoms with Crippen LogP contribution in [0.25, 0.3) is 0 Å². The molecule has 0 spiro atoms. The van der Waals surface area contributed by atoms with Crippen LogP contribution in [-0.4, -0.2) is 33.2 Å². The lowest BCUT2D eigenvalue weighted by Crippen LogP contribution is -2.24.